The molecule has 4 heterocycles. The molecule has 1 fully saturated rings. The minimum atomic E-state index is -3.71. The fourth-order valence-electron chi connectivity index (χ4n) is 5.88. The summed E-state index contributed by atoms with van der Waals surface area (Å²) in [5.41, 5.74) is 3.62. The summed E-state index contributed by atoms with van der Waals surface area (Å²) in [7, 11) is 16.0. The Morgan fingerprint density at radius 2 is 1.78 bits per heavy atom. The van der Waals surface area contributed by atoms with E-state index in [9.17, 15) is 8.42 Å². The number of ether oxygens (including phenoxy) is 1. The van der Waals surface area contributed by atoms with Gasteiger partial charge in [-0.2, -0.15) is 0 Å². The van der Waals surface area contributed by atoms with Crippen molar-refractivity contribution in [1.29, 1.82) is 0 Å². The van der Waals surface area contributed by atoms with Crippen LogP contribution in [0.3, 0.4) is 0 Å². The van der Waals surface area contributed by atoms with E-state index in [-0.39, 0.29) is 27.9 Å². The Hall–Kier alpha value is -3.44. The quantitative estimate of drug-likeness (QED) is 0.295. The number of aromatic nitrogens is 5. The topological polar surface area (TPSA) is 91.9 Å². The Morgan fingerprint density at radius 3 is 2.44 bits per heavy atom. The van der Waals surface area contributed by atoms with E-state index >= 15 is 4.39 Å². The molecule has 0 spiro atoms. The number of hydrogen-bond donors (Lipinski definition) is 0. The second-order valence-electron chi connectivity index (χ2n) is 10.7. The van der Waals surface area contributed by atoms with Crippen LogP contribution in [0.4, 0.5) is 4.39 Å². The van der Waals surface area contributed by atoms with Crippen LogP contribution in [0.2, 0.25) is 0 Å². The van der Waals surface area contributed by atoms with Gasteiger partial charge < -0.3 is 9.30 Å². The molecular weight excluding hydrogens is 538 g/mol. The fourth-order valence-corrected chi connectivity index (χ4v) is 6.52. The summed E-state index contributed by atoms with van der Waals surface area (Å²) < 4.78 is 50.3. The third kappa shape index (κ3) is 4.89. The molecular formula is C28H25B3FN5O3S. The first-order valence-electron chi connectivity index (χ1n) is 13.2. The molecule has 0 N–H and O–H groups in total. The number of benzene rings is 2. The fraction of sp³-hybridized carbons (Fsp3) is 0.321. The molecule has 6 rings (SSSR count). The predicted molar refractivity (Wildman–Crippen MR) is 157 cm³/mol. The highest BCUT2D eigenvalue weighted by atomic mass is 32.2. The molecule has 1 aliphatic rings. The van der Waals surface area contributed by atoms with Crippen LogP contribution in [0, 0.1) is 11.7 Å². The van der Waals surface area contributed by atoms with Crippen molar-refractivity contribution in [1.82, 2.24) is 24.5 Å². The molecule has 0 unspecified atom stereocenters. The number of nitrogens with zero attached hydrogens (tertiary/aromatic N) is 5. The highest BCUT2D eigenvalue weighted by molar-refractivity contribution is 7.90. The lowest BCUT2D eigenvalue weighted by Gasteiger charge is -2.33. The Balaban J connectivity index is 1.73. The van der Waals surface area contributed by atoms with Crippen LogP contribution < -0.4 is 0 Å². The molecule has 3 aromatic heterocycles. The molecule has 6 radical (unpaired) electrons. The summed E-state index contributed by atoms with van der Waals surface area (Å²) in [5.74, 6) is -0.546. The first-order chi connectivity index (χ1) is 19.4. The molecule has 0 aliphatic carbocycles. The van der Waals surface area contributed by atoms with Gasteiger partial charge in [0.05, 0.1) is 67.8 Å². The van der Waals surface area contributed by atoms with Crippen molar-refractivity contribution in [3.63, 3.8) is 0 Å². The van der Waals surface area contributed by atoms with Gasteiger partial charge >= 0.3 is 0 Å². The lowest BCUT2D eigenvalue weighted by Crippen LogP contribution is -2.28. The van der Waals surface area contributed by atoms with E-state index in [1.54, 1.807) is 13.2 Å². The lowest BCUT2D eigenvalue weighted by molar-refractivity contribution is 0.0552. The van der Waals surface area contributed by atoms with Gasteiger partial charge in [0.2, 0.25) is 0 Å². The van der Waals surface area contributed by atoms with E-state index in [0.717, 1.165) is 30.7 Å². The van der Waals surface area contributed by atoms with Crippen molar-refractivity contribution in [2.24, 2.45) is 13.0 Å². The molecule has 0 amide bonds. The maximum Gasteiger partial charge on any atom is 0.175 e. The van der Waals surface area contributed by atoms with Crippen LogP contribution in [0.15, 0.2) is 59.6 Å². The van der Waals surface area contributed by atoms with Gasteiger partial charge in [0.25, 0.3) is 0 Å². The van der Waals surface area contributed by atoms with E-state index < -0.39 is 20.8 Å². The monoisotopic (exact) mass is 563 g/mol. The minimum Gasteiger partial charge on any atom is -0.381 e. The van der Waals surface area contributed by atoms with Gasteiger partial charge in [0.15, 0.2) is 9.84 Å². The van der Waals surface area contributed by atoms with Crippen molar-refractivity contribution in [3.05, 3.63) is 71.8 Å². The molecule has 0 saturated carbocycles. The standard InChI is InChI=1S/C28H25B3FN5O3S/c1-36-26(27(34-35-36)28(29,30)31)18-12-22-24(33-15-18)23-20(32)13-19(41(2,38)39)14-21(23)37(22)25(16-6-4-3-5-7-16)17-8-10-40-11-9-17/h3-7,12-15,17,25H,8-11H2,1-2H3/t25-/m1/s1. The molecule has 5 aromatic rings. The van der Waals surface area contributed by atoms with Crippen LogP contribution in [-0.2, 0) is 26.7 Å². The van der Waals surface area contributed by atoms with Gasteiger partial charge in [-0.3, -0.25) is 4.98 Å². The van der Waals surface area contributed by atoms with E-state index in [2.05, 4.69) is 10.3 Å². The lowest BCUT2D eigenvalue weighted by atomic mass is 9.41. The SMILES string of the molecule is [B]C([B])([B])c1nnn(C)c1-c1cnc2c3c(F)cc(S(C)(=O)=O)cc3n([C@H](c3ccccc3)C3CCOCC3)c2c1. The molecule has 41 heavy (non-hydrogen) atoms. The van der Waals surface area contributed by atoms with Crippen LogP contribution in [0.1, 0.15) is 30.1 Å². The summed E-state index contributed by atoms with van der Waals surface area (Å²) in [6.45, 7) is 1.18. The molecule has 1 aliphatic heterocycles. The Labute approximate surface area is 241 Å². The highest BCUT2D eigenvalue weighted by Crippen LogP contribution is 2.42. The highest BCUT2D eigenvalue weighted by Gasteiger charge is 2.32. The molecule has 0 bridgehead atoms. The molecule has 202 valence electrons. The van der Waals surface area contributed by atoms with E-state index in [1.807, 2.05) is 41.0 Å². The average molecular weight is 563 g/mol. The number of halogens is 1. The van der Waals surface area contributed by atoms with Crippen molar-refractivity contribution in [3.8, 4) is 11.3 Å². The molecule has 1 atom stereocenters. The van der Waals surface area contributed by atoms with Crippen molar-refractivity contribution >= 4 is 55.3 Å². The predicted octanol–water partition coefficient (Wildman–Crippen LogP) is 3.16. The summed E-state index contributed by atoms with van der Waals surface area (Å²) >= 11 is 0. The summed E-state index contributed by atoms with van der Waals surface area (Å²) in [6.07, 6.45) is 4.18. The average Bonchev–Trinajstić information content (AvgIpc) is 3.48. The number of rotatable bonds is 6. The number of pyridine rings is 1. The van der Waals surface area contributed by atoms with Crippen molar-refractivity contribution in [2.75, 3.05) is 19.5 Å². The smallest absolute Gasteiger partial charge is 0.175 e. The Bertz CT molecular complexity index is 1880. The molecule has 2 aromatic carbocycles. The first kappa shape index (κ1) is 27.7. The molecule has 13 heteroatoms. The zero-order chi connectivity index (χ0) is 29.1. The van der Waals surface area contributed by atoms with Gasteiger partial charge in [-0.15, -0.1) is 5.10 Å². The molecule has 1 saturated heterocycles. The second kappa shape index (κ2) is 10.1. The van der Waals surface area contributed by atoms with Gasteiger partial charge in [0, 0.05) is 38.3 Å². The summed E-state index contributed by atoms with van der Waals surface area (Å²) in [4.78, 5) is 4.59. The van der Waals surface area contributed by atoms with E-state index in [0.29, 0.717) is 41.0 Å². The second-order valence-corrected chi connectivity index (χ2v) is 12.7. The largest absolute Gasteiger partial charge is 0.381 e. The van der Waals surface area contributed by atoms with E-state index in [4.69, 9.17) is 33.3 Å². The van der Waals surface area contributed by atoms with Crippen LogP contribution in [0.25, 0.3) is 33.2 Å². The third-order valence-electron chi connectivity index (χ3n) is 7.74. The van der Waals surface area contributed by atoms with E-state index in [1.165, 1.54) is 10.7 Å². The van der Waals surface area contributed by atoms with Crippen molar-refractivity contribution in [2.45, 2.75) is 28.9 Å². The van der Waals surface area contributed by atoms with Gasteiger partial charge in [-0.25, -0.2) is 17.5 Å². The Kier molecular flexibility index (Phi) is 6.85. The minimum absolute atomic E-state index is 0.108. The van der Waals surface area contributed by atoms with Crippen molar-refractivity contribution < 1.29 is 17.5 Å². The number of sulfone groups is 1. The normalized spacial score (nSPS) is 16.0. The number of fused-ring (bicyclic) bond motifs is 3. The van der Waals surface area contributed by atoms with Gasteiger partial charge in [-0.1, -0.05) is 40.7 Å². The van der Waals surface area contributed by atoms with Gasteiger partial charge in [-0.05, 0) is 42.5 Å². The maximum absolute atomic E-state index is 15.9. The van der Waals surface area contributed by atoms with Crippen LogP contribution in [0.5, 0.6) is 0 Å². The summed E-state index contributed by atoms with van der Waals surface area (Å²) in [6, 6.07) is 14.1. The number of hydrogen-bond acceptors (Lipinski definition) is 6. The van der Waals surface area contributed by atoms with Gasteiger partial charge in [0.1, 0.15) is 5.82 Å². The van der Waals surface area contributed by atoms with Crippen LogP contribution in [-0.4, -0.2) is 76.0 Å². The van der Waals surface area contributed by atoms with Crippen LogP contribution >= 0.6 is 0 Å². The summed E-state index contributed by atoms with van der Waals surface area (Å²) in [5, 5.41) is 6.62. The first-order valence-corrected chi connectivity index (χ1v) is 15.1. The maximum atomic E-state index is 15.9. The molecule has 8 nitrogen and oxygen atoms in total. The number of aryl methyl sites for hydroxylation is 1. The third-order valence-corrected chi connectivity index (χ3v) is 8.83. The zero-order valence-corrected chi connectivity index (χ0v) is 23.5. The Morgan fingerprint density at radius 1 is 1.07 bits per heavy atom. The zero-order valence-electron chi connectivity index (χ0n) is 22.7.